The first kappa shape index (κ1) is 14.5. The van der Waals surface area contributed by atoms with E-state index in [4.69, 9.17) is 9.47 Å². The Morgan fingerprint density at radius 2 is 2.23 bits per heavy atom. The standard InChI is InChI=1S/C14H13F2N3O3/c15-10-2-1-8(3-11(10)16)14(20)19-12-6-21-7-13(12)22-9-4-17-18-5-9/h1-5,12-13H,6-7H2,(H,17,18)(H,19,20)/t12-,13+/m0/s1. The van der Waals surface area contributed by atoms with Crippen molar-refractivity contribution in [3.8, 4) is 5.75 Å². The molecule has 0 radical (unpaired) electrons. The highest BCUT2D eigenvalue weighted by atomic mass is 19.2. The Morgan fingerprint density at radius 1 is 1.36 bits per heavy atom. The molecular formula is C14H13F2N3O3. The highest BCUT2D eigenvalue weighted by Crippen LogP contribution is 2.16. The molecule has 22 heavy (non-hydrogen) atoms. The molecule has 0 saturated carbocycles. The number of halogens is 2. The van der Waals surface area contributed by atoms with Crippen molar-refractivity contribution >= 4 is 5.91 Å². The molecule has 0 spiro atoms. The Balaban J connectivity index is 1.65. The number of H-pyrrole nitrogens is 1. The van der Waals surface area contributed by atoms with Gasteiger partial charge in [0.1, 0.15) is 6.10 Å². The lowest BCUT2D eigenvalue weighted by molar-refractivity contribution is 0.0903. The van der Waals surface area contributed by atoms with E-state index < -0.39 is 23.6 Å². The summed E-state index contributed by atoms with van der Waals surface area (Å²) in [5.41, 5.74) is 0.0351. The normalized spacial score (nSPS) is 20.8. The van der Waals surface area contributed by atoms with Crippen molar-refractivity contribution in [2.24, 2.45) is 0 Å². The highest BCUT2D eigenvalue weighted by Gasteiger charge is 2.32. The van der Waals surface area contributed by atoms with Crippen LogP contribution >= 0.6 is 0 Å². The third kappa shape index (κ3) is 3.06. The Kier molecular flexibility index (Phi) is 4.01. The van der Waals surface area contributed by atoms with Crippen molar-refractivity contribution in [3.63, 3.8) is 0 Å². The van der Waals surface area contributed by atoms with Crippen molar-refractivity contribution in [3.05, 3.63) is 47.8 Å². The Morgan fingerprint density at radius 3 is 2.95 bits per heavy atom. The van der Waals surface area contributed by atoms with Gasteiger partial charge in [-0.25, -0.2) is 8.78 Å². The number of nitrogens with one attached hydrogen (secondary N) is 2. The van der Waals surface area contributed by atoms with Crippen molar-refractivity contribution in [1.29, 1.82) is 0 Å². The monoisotopic (exact) mass is 309 g/mol. The second kappa shape index (κ2) is 6.10. The number of hydrogen-bond donors (Lipinski definition) is 2. The summed E-state index contributed by atoms with van der Waals surface area (Å²) < 4.78 is 37.0. The van der Waals surface area contributed by atoms with Crippen LogP contribution in [0.3, 0.4) is 0 Å². The number of hydrogen-bond acceptors (Lipinski definition) is 4. The van der Waals surface area contributed by atoms with Crippen LogP contribution in [0.1, 0.15) is 10.4 Å². The van der Waals surface area contributed by atoms with E-state index in [1.807, 2.05) is 0 Å². The molecule has 1 amide bonds. The van der Waals surface area contributed by atoms with Crippen molar-refractivity contribution in [2.75, 3.05) is 13.2 Å². The van der Waals surface area contributed by atoms with Crippen LogP contribution in [0.15, 0.2) is 30.6 Å². The van der Waals surface area contributed by atoms with Gasteiger partial charge in [0.05, 0.1) is 31.6 Å². The minimum absolute atomic E-state index is 0.0351. The van der Waals surface area contributed by atoms with Crippen LogP contribution in [0.2, 0.25) is 0 Å². The number of rotatable bonds is 4. The van der Waals surface area contributed by atoms with E-state index in [-0.39, 0.29) is 18.3 Å². The van der Waals surface area contributed by atoms with Gasteiger partial charge in [-0.05, 0) is 18.2 Å². The maximum absolute atomic E-state index is 13.2. The average Bonchev–Trinajstić information content (AvgIpc) is 3.15. The van der Waals surface area contributed by atoms with Gasteiger partial charge in [-0.2, -0.15) is 5.10 Å². The van der Waals surface area contributed by atoms with E-state index >= 15 is 0 Å². The van der Waals surface area contributed by atoms with Gasteiger partial charge < -0.3 is 14.8 Å². The summed E-state index contributed by atoms with van der Waals surface area (Å²) in [7, 11) is 0. The lowest BCUT2D eigenvalue weighted by Gasteiger charge is -2.19. The lowest BCUT2D eigenvalue weighted by Crippen LogP contribution is -2.45. The summed E-state index contributed by atoms with van der Waals surface area (Å²) in [5, 5.41) is 9.07. The Bertz CT molecular complexity index is 663. The van der Waals surface area contributed by atoms with Gasteiger partial charge in [0.2, 0.25) is 0 Å². The van der Waals surface area contributed by atoms with E-state index in [1.54, 1.807) is 6.20 Å². The van der Waals surface area contributed by atoms with E-state index in [0.717, 1.165) is 12.1 Å². The minimum Gasteiger partial charge on any atom is -0.482 e. The van der Waals surface area contributed by atoms with Crippen LogP contribution < -0.4 is 10.1 Å². The van der Waals surface area contributed by atoms with Crippen molar-refractivity contribution in [2.45, 2.75) is 12.1 Å². The third-order valence-corrected chi connectivity index (χ3v) is 3.29. The molecule has 1 aromatic carbocycles. The summed E-state index contributed by atoms with van der Waals surface area (Å²) in [6.07, 6.45) is 2.70. The molecule has 1 aliphatic heterocycles. The topological polar surface area (TPSA) is 76.2 Å². The summed E-state index contributed by atoms with van der Waals surface area (Å²) >= 11 is 0. The van der Waals surface area contributed by atoms with Crippen LogP contribution in [0.4, 0.5) is 8.78 Å². The molecule has 2 atom stereocenters. The molecule has 1 aromatic heterocycles. The van der Waals surface area contributed by atoms with Crippen molar-refractivity contribution < 1.29 is 23.0 Å². The molecule has 116 valence electrons. The van der Waals surface area contributed by atoms with Crippen LogP contribution in [0.25, 0.3) is 0 Å². The largest absolute Gasteiger partial charge is 0.482 e. The minimum atomic E-state index is -1.07. The fourth-order valence-electron chi connectivity index (χ4n) is 2.15. The second-order valence-corrected chi connectivity index (χ2v) is 4.84. The molecule has 6 nitrogen and oxygen atoms in total. The summed E-state index contributed by atoms with van der Waals surface area (Å²) in [6.45, 7) is 0.589. The smallest absolute Gasteiger partial charge is 0.251 e. The number of carbonyl (C=O) groups excluding carboxylic acids is 1. The number of aromatic nitrogens is 2. The van der Waals surface area contributed by atoms with Gasteiger partial charge in [0.15, 0.2) is 17.4 Å². The van der Waals surface area contributed by atoms with Gasteiger partial charge in [0, 0.05) is 5.56 Å². The third-order valence-electron chi connectivity index (χ3n) is 3.29. The zero-order chi connectivity index (χ0) is 15.5. The van der Waals surface area contributed by atoms with E-state index in [9.17, 15) is 13.6 Å². The summed E-state index contributed by atoms with van der Waals surface area (Å²) in [5.74, 6) is -2.05. The Labute approximate surface area is 124 Å². The Hall–Kier alpha value is -2.48. The van der Waals surface area contributed by atoms with Crippen LogP contribution in [-0.2, 0) is 4.74 Å². The number of benzene rings is 1. The SMILES string of the molecule is O=C(N[C@H]1COC[C@H]1Oc1cn[nH]c1)c1ccc(F)c(F)c1. The zero-order valence-electron chi connectivity index (χ0n) is 11.4. The maximum Gasteiger partial charge on any atom is 0.251 e. The summed E-state index contributed by atoms with van der Waals surface area (Å²) in [4.78, 5) is 12.1. The molecule has 2 aromatic rings. The molecule has 0 unspecified atom stereocenters. The zero-order valence-corrected chi connectivity index (χ0v) is 11.4. The van der Waals surface area contributed by atoms with Gasteiger partial charge in [-0.1, -0.05) is 0 Å². The average molecular weight is 309 g/mol. The van der Waals surface area contributed by atoms with Gasteiger partial charge in [-0.3, -0.25) is 9.89 Å². The molecule has 1 aliphatic rings. The van der Waals surface area contributed by atoms with E-state index in [2.05, 4.69) is 15.5 Å². The molecule has 1 saturated heterocycles. The summed E-state index contributed by atoms with van der Waals surface area (Å²) in [6, 6.07) is 2.59. The number of aromatic amines is 1. The van der Waals surface area contributed by atoms with Crippen LogP contribution in [0.5, 0.6) is 5.75 Å². The van der Waals surface area contributed by atoms with Crippen LogP contribution in [0, 0.1) is 11.6 Å². The van der Waals surface area contributed by atoms with Gasteiger partial charge in [-0.15, -0.1) is 0 Å². The first-order chi connectivity index (χ1) is 10.6. The molecule has 0 aliphatic carbocycles. The quantitative estimate of drug-likeness (QED) is 0.891. The fourth-order valence-corrected chi connectivity index (χ4v) is 2.15. The fraction of sp³-hybridized carbons (Fsp3) is 0.286. The molecule has 2 N–H and O–H groups in total. The second-order valence-electron chi connectivity index (χ2n) is 4.84. The van der Waals surface area contributed by atoms with Crippen molar-refractivity contribution in [1.82, 2.24) is 15.5 Å². The molecule has 0 bridgehead atoms. The maximum atomic E-state index is 13.2. The molecular weight excluding hydrogens is 296 g/mol. The highest BCUT2D eigenvalue weighted by molar-refractivity contribution is 5.94. The van der Waals surface area contributed by atoms with E-state index in [1.165, 1.54) is 12.3 Å². The number of amides is 1. The lowest BCUT2D eigenvalue weighted by atomic mass is 10.1. The predicted molar refractivity (Wildman–Crippen MR) is 71.4 cm³/mol. The van der Waals surface area contributed by atoms with E-state index in [0.29, 0.717) is 12.4 Å². The molecule has 1 fully saturated rings. The predicted octanol–water partition coefficient (Wildman–Crippen LogP) is 1.26. The molecule has 2 heterocycles. The molecule has 8 heteroatoms. The van der Waals surface area contributed by atoms with Gasteiger partial charge >= 0.3 is 0 Å². The van der Waals surface area contributed by atoms with Crippen LogP contribution in [-0.4, -0.2) is 41.5 Å². The molecule has 3 rings (SSSR count). The first-order valence-corrected chi connectivity index (χ1v) is 6.62. The number of carbonyl (C=O) groups is 1. The number of nitrogens with zero attached hydrogens (tertiary/aromatic N) is 1. The number of ether oxygens (including phenoxy) is 2. The van der Waals surface area contributed by atoms with Gasteiger partial charge in [0.25, 0.3) is 5.91 Å². The first-order valence-electron chi connectivity index (χ1n) is 6.62.